The van der Waals surface area contributed by atoms with Gasteiger partial charge in [0.25, 0.3) is 5.91 Å². The highest BCUT2D eigenvalue weighted by atomic mass is 19.1. The molecule has 0 aliphatic carbocycles. The highest BCUT2D eigenvalue weighted by Crippen LogP contribution is 2.19. The lowest BCUT2D eigenvalue weighted by Crippen LogP contribution is -2.16. The van der Waals surface area contributed by atoms with Gasteiger partial charge in [-0.1, -0.05) is 30.3 Å². The van der Waals surface area contributed by atoms with Gasteiger partial charge >= 0.3 is 0 Å². The third-order valence-electron chi connectivity index (χ3n) is 3.22. The fourth-order valence-electron chi connectivity index (χ4n) is 1.99. The van der Waals surface area contributed by atoms with Gasteiger partial charge in [-0.25, -0.2) is 4.39 Å². The number of carbonyl (C=O) groups is 2. The van der Waals surface area contributed by atoms with E-state index in [1.165, 1.54) is 25.1 Å². The lowest BCUT2D eigenvalue weighted by atomic mass is 10.0. The van der Waals surface area contributed by atoms with Crippen molar-refractivity contribution in [2.75, 3.05) is 5.32 Å². The van der Waals surface area contributed by atoms with Gasteiger partial charge in [-0.15, -0.1) is 0 Å². The Bertz CT molecular complexity index is 864. The van der Waals surface area contributed by atoms with Crippen molar-refractivity contribution in [3.8, 4) is 6.07 Å². The minimum Gasteiger partial charge on any atom is -0.511 e. The zero-order valence-corrected chi connectivity index (χ0v) is 12.7. The number of hydrogen-bond donors (Lipinski definition) is 2. The second-order valence-corrected chi connectivity index (χ2v) is 4.92. The Morgan fingerprint density at radius 2 is 1.79 bits per heavy atom. The molecule has 24 heavy (non-hydrogen) atoms. The number of halogens is 1. The molecule has 0 atom stereocenters. The molecule has 2 rings (SSSR count). The van der Waals surface area contributed by atoms with Crippen LogP contribution in [0, 0.1) is 17.1 Å². The van der Waals surface area contributed by atoms with Crippen molar-refractivity contribution in [1.29, 1.82) is 5.26 Å². The Balaban J connectivity index is 2.25. The number of hydrogen-bond acceptors (Lipinski definition) is 4. The number of aliphatic hydroxyl groups excluding tert-OH is 1. The molecular formula is C18H13FN2O3. The molecule has 1 amide bonds. The number of carbonyl (C=O) groups excluding carboxylic acids is 2. The Hall–Kier alpha value is -3.46. The molecule has 0 aliphatic heterocycles. The monoisotopic (exact) mass is 324 g/mol. The Labute approximate surface area is 137 Å². The molecule has 0 bridgehead atoms. The van der Waals surface area contributed by atoms with E-state index in [1.807, 2.05) is 0 Å². The third-order valence-corrected chi connectivity index (χ3v) is 3.22. The van der Waals surface area contributed by atoms with E-state index < -0.39 is 23.1 Å². The highest BCUT2D eigenvalue weighted by Gasteiger charge is 2.16. The van der Waals surface area contributed by atoms with Crippen molar-refractivity contribution in [2.45, 2.75) is 6.92 Å². The maximum absolute atomic E-state index is 14.1. The van der Waals surface area contributed by atoms with Gasteiger partial charge < -0.3 is 10.4 Å². The van der Waals surface area contributed by atoms with Gasteiger partial charge in [0.05, 0.1) is 5.69 Å². The molecule has 0 fully saturated rings. The van der Waals surface area contributed by atoms with E-state index in [2.05, 4.69) is 5.32 Å². The molecule has 0 unspecified atom stereocenters. The van der Waals surface area contributed by atoms with E-state index in [4.69, 9.17) is 5.26 Å². The summed E-state index contributed by atoms with van der Waals surface area (Å²) >= 11 is 0. The summed E-state index contributed by atoms with van der Waals surface area (Å²) in [6.45, 7) is 1.18. The molecule has 2 aromatic carbocycles. The zero-order valence-electron chi connectivity index (χ0n) is 12.7. The predicted octanol–water partition coefficient (Wildman–Crippen LogP) is 3.35. The molecule has 0 aromatic heterocycles. The van der Waals surface area contributed by atoms with Gasteiger partial charge in [0, 0.05) is 11.1 Å². The lowest BCUT2D eigenvalue weighted by Gasteiger charge is -2.08. The van der Waals surface area contributed by atoms with Crippen LogP contribution in [0.5, 0.6) is 0 Å². The van der Waals surface area contributed by atoms with Crippen LogP contribution in [-0.4, -0.2) is 16.8 Å². The minimum absolute atomic E-state index is 0.131. The molecule has 0 heterocycles. The van der Waals surface area contributed by atoms with E-state index >= 15 is 0 Å². The Morgan fingerprint density at radius 3 is 2.33 bits per heavy atom. The number of rotatable bonds is 4. The quantitative estimate of drug-likeness (QED) is 0.390. The number of nitrogens with one attached hydrogen (secondary N) is 1. The molecule has 0 aliphatic rings. The molecule has 2 N–H and O–H groups in total. The summed E-state index contributed by atoms with van der Waals surface area (Å²) < 4.78 is 14.1. The van der Waals surface area contributed by atoms with Crippen LogP contribution in [0.15, 0.2) is 59.9 Å². The van der Waals surface area contributed by atoms with Crippen LogP contribution in [0.25, 0.3) is 0 Å². The molecule has 0 saturated carbocycles. The SMILES string of the molecule is C/C(O)=C(\C#N)C(=O)Nc1ccc(C(=O)c2ccccc2)cc1F. The van der Waals surface area contributed by atoms with Gasteiger partial charge in [0.15, 0.2) is 11.4 Å². The summed E-state index contributed by atoms with van der Waals surface area (Å²) in [5.74, 6) is -2.57. The maximum Gasteiger partial charge on any atom is 0.269 e. The first-order chi connectivity index (χ1) is 11.4. The van der Waals surface area contributed by atoms with Gasteiger partial charge in [0.1, 0.15) is 17.6 Å². The van der Waals surface area contributed by atoms with E-state index in [1.54, 1.807) is 30.3 Å². The molecule has 5 nitrogen and oxygen atoms in total. The number of amides is 1. The summed E-state index contributed by atoms with van der Waals surface area (Å²) in [4.78, 5) is 24.0. The number of nitriles is 1. The summed E-state index contributed by atoms with van der Waals surface area (Å²) in [6, 6.07) is 13.5. The molecule has 0 radical (unpaired) electrons. The smallest absolute Gasteiger partial charge is 0.269 e. The van der Waals surface area contributed by atoms with Gasteiger partial charge in [-0.3, -0.25) is 9.59 Å². The first-order valence-corrected chi connectivity index (χ1v) is 6.94. The number of allylic oxidation sites excluding steroid dienone is 1. The van der Waals surface area contributed by atoms with Crippen molar-refractivity contribution < 1.29 is 19.1 Å². The first-order valence-electron chi connectivity index (χ1n) is 6.94. The normalized spacial score (nSPS) is 11.2. The second-order valence-electron chi connectivity index (χ2n) is 4.92. The van der Waals surface area contributed by atoms with Crippen LogP contribution in [0.4, 0.5) is 10.1 Å². The second kappa shape index (κ2) is 7.20. The van der Waals surface area contributed by atoms with Crippen LogP contribution >= 0.6 is 0 Å². The molecule has 6 heteroatoms. The molecule has 0 saturated heterocycles. The van der Waals surface area contributed by atoms with Crippen molar-refractivity contribution >= 4 is 17.4 Å². The van der Waals surface area contributed by atoms with E-state index in [9.17, 15) is 19.1 Å². The number of aliphatic hydroxyl groups is 1. The predicted molar refractivity (Wildman–Crippen MR) is 85.8 cm³/mol. The van der Waals surface area contributed by atoms with Crippen molar-refractivity contribution in [3.05, 3.63) is 76.8 Å². The summed E-state index contributed by atoms with van der Waals surface area (Å²) in [6.07, 6.45) is 0. The fourth-order valence-corrected chi connectivity index (χ4v) is 1.99. The molecule has 0 spiro atoms. The van der Waals surface area contributed by atoms with E-state index in [-0.39, 0.29) is 17.0 Å². The number of nitrogens with zero attached hydrogens (tertiary/aromatic N) is 1. The van der Waals surface area contributed by atoms with Crippen LogP contribution in [-0.2, 0) is 4.79 Å². The average Bonchev–Trinajstić information content (AvgIpc) is 2.57. The lowest BCUT2D eigenvalue weighted by molar-refractivity contribution is -0.112. The molecule has 2 aromatic rings. The fraction of sp³-hybridized carbons (Fsp3) is 0.0556. The van der Waals surface area contributed by atoms with E-state index in [0.29, 0.717) is 5.56 Å². The number of ketones is 1. The van der Waals surface area contributed by atoms with Gasteiger partial charge in [0.2, 0.25) is 0 Å². The van der Waals surface area contributed by atoms with Gasteiger partial charge in [-0.2, -0.15) is 5.26 Å². The van der Waals surface area contributed by atoms with E-state index in [0.717, 1.165) is 6.07 Å². The Morgan fingerprint density at radius 1 is 1.12 bits per heavy atom. The summed E-state index contributed by atoms with van der Waals surface area (Å²) in [5.41, 5.74) is -0.164. The largest absolute Gasteiger partial charge is 0.511 e. The minimum atomic E-state index is -0.932. The number of anilines is 1. The summed E-state index contributed by atoms with van der Waals surface area (Å²) in [7, 11) is 0. The van der Waals surface area contributed by atoms with Crippen LogP contribution in [0.2, 0.25) is 0 Å². The first kappa shape index (κ1) is 16.9. The third kappa shape index (κ3) is 3.65. The van der Waals surface area contributed by atoms with Gasteiger partial charge in [-0.05, 0) is 25.1 Å². The van der Waals surface area contributed by atoms with Crippen LogP contribution in [0.1, 0.15) is 22.8 Å². The van der Waals surface area contributed by atoms with Crippen molar-refractivity contribution in [3.63, 3.8) is 0 Å². The van der Waals surface area contributed by atoms with Crippen molar-refractivity contribution in [2.24, 2.45) is 0 Å². The molecular weight excluding hydrogens is 311 g/mol. The Kier molecular flexibility index (Phi) is 5.07. The highest BCUT2D eigenvalue weighted by molar-refractivity contribution is 6.10. The van der Waals surface area contributed by atoms with Crippen molar-refractivity contribution in [1.82, 2.24) is 0 Å². The topological polar surface area (TPSA) is 90.2 Å². The van der Waals surface area contributed by atoms with Crippen LogP contribution < -0.4 is 5.32 Å². The standard InChI is InChI=1S/C18H13FN2O3/c1-11(22)14(10-20)18(24)21-16-8-7-13(9-15(16)19)17(23)12-5-3-2-4-6-12/h2-9,22H,1H3,(H,21,24)/b14-11-. The number of benzene rings is 2. The zero-order chi connectivity index (χ0) is 17.7. The average molecular weight is 324 g/mol. The summed E-state index contributed by atoms with van der Waals surface area (Å²) in [5, 5.41) is 20.2. The van der Waals surface area contributed by atoms with Crippen LogP contribution in [0.3, 0.4) is 0 Å². The maximum atomic E-state index is 14.1. The molecule has 120 valence electrons.